The molecule has 2 aliphatic rings. The van der Waals surface area contributed by atoms with Gasteiger partial charge in [-0.1, -0.05) is 0 Å². The number of fused-ring (bicyclic) bond motifs is 1. The van der Waals surface area contributed by atoms with E-state index in [4.69, 9.17) is 14.5 Å². The van der Waals surface area contributed by atoms with Gasteiger partial charge in [0.2, 0.25) is 5.95 Å². The number of aryl methyl sites for hydroxylation is 1. The Morgan fingerprint density at radius 3 is 2.63 bits per heavy atom. The molecule has 0 atom stereocenters. The first-order valence-electron chi connectivity index (χ1n) is 14.9. The SMILES string of the molecule is COc1cc(C(=O)NC2CCN(C(C)C)CC2)ccc1Nc1ncc2c(n1)c(-c1ccsc1)c(OCC1CC1)c(=O)n2C. The summed E-state index contributed by atoms with van der Waals surface area (Å²) in [6, 6.07) is 7.95. The van der Waals surface area contributed by atoms with Gasteiger partial charge in [-0.25, -0.2) is 9.97 Å². The molecule has 226 valence electrons. The highest BCUT2D eigenvalue weighted by atomic mass is 32.1. The van der Waals surface area contributed by atoms with Crippen molar-refractivity contribution in [3.05, 3.63) is 57.1 Å². The van der Waals surface area contributed by atoms with Crippen molar-refractivity contribution in [2.45, 2.75) is 51.6 Å². The summed E-state index contributed by atoms with van der Waals surface area (Å²) in [5.74, 6) is 1.53. The molecule has 3 aromatic heterocycles. The second kappa shape index (κ2) is 12.3. The van der Waals surface area contributed by atoms with E-state index in [2.05, 4.69) is 34.4 Å². The van der Waals surface area contributed by atoms with E-state index in [1.807, 2.05) is 16.8 Å². The third-order valence-electron chi connectivity index (χ3n) is 8.37. The molecule has 2 fully saturated rings. The van der Waals surface area contributed by atoms with Gasteiger partial charge in [0.1, 0.15) is 11.3 Å². The maximum absolute atomic E-state index is 13.4. The fourth-order valence-electron chi connectivity index (χ4n) is 5.52. The largest absolute Gasteiger partial charge is 0.495 e. The number of hydrogen-bond donors (Lipinski definition) is 2. The van der Waals surface area contributed by atoms with Crippen LogP contribution in [0.4, 0.5) is 11.6 Å². The monoisotopic (exact) mass is 602 g/mol. The van der Waals surface area contributed by atoms with E-state index in [1.165, 1.54) is 4.57 Å². The lowest BCUT2D eigenvalue weighted by Gasteiger charge is -2.34. The van der Waals surface area contributed by atoms with Crippen LogP contribution in [-0.4, -0.2) is 64.2 Å². The number of likely N-dealkylation sites (tertiary alicyclic amines) is 1. The minimum absolute atomic E-state index is 0.116. The molecule has 2 N–H and O–H groups in total. The molecule has 0 unspecified atom stereocenters. The van der Waals surface area contributed by atoms with E-state index in [0.717, 1.165) is 44.3 Å². The molecule has 0 bridgehead atoms. The van der Waals surface area contributed by atoms with Crippen molar-refractivity contribution in [1.82, 2.24) is 24.8 Å². The maximum atomic E-state index is 13.4. The molecule has 1 aromatic carbocycles. The van der Waals surface area contributed by atoms with Crippen LogP contribution in [0.5, 0.6) is 11.5 Å². The first-order valence-corrected chi connectivity index (χ1v) is 15.8. The zero-order valence-electron chi connectivity index (χ0n) is 25.1. The number of rotatable bonds is 10. The zero-order valence-corrected chi connectivity index (χ0v) is 25.9. The molecule has 4 heterocycles. The predicted octanol–water partition coefficient (Wildman–Crippen LogP) is 5.20. The highest BCUT2D eigenvalue weighted by Crippen LogP contribution is 2.37. The molecule has 1 amide bonds. The first kappa shape index (κ1) is 29.1. The number of carbonyl (C=O) groups is 1. The molecular weight excluding hydrogens is 564 g/mol. The van der Waals surface area contributed by atoms with Crippen LogP contribution in [0, 0.1) is 5.92 Å². The van der Waals surface area contributed by atoms with Crippen molar-refractivity contribution in [2.24, 2.45) is 13.0 Å². The van der Waals surface area contributed by atoms with Gasteiger partial charge in [-0.2, -0.15) is 11.3 Å². The summed E-state index contributed by atoms with van der Waals surface area (Å²) in [5, 5.41) is 10.4. The highest BCUT2D eigenvalue weighted by Gasteiger charge is 2.26. The number of carbonyl (C=O) groups excluding carboxylic acids is 1. The second-order valence-electron chi connectivity index (χ2n) is 11.7. The molecule has 4 aromatic rings. The average molecular weight is 603 g/mol. The Hall–Kier alpha value is -3.96. The van der Waals surface area contributed by atoms with Crippen LogP contribution >= 0.6 is 11.3 Å². The van der Waals surface area contributed by atoms with Gasteiger partial charge in [0.25, 0.3) is 11.5 Å². The normalized spacial score (nSPS) is 16.0. The fourth-order valence-corrected chi connectivity index (χ4v) is 6.17. The van der Waals surface area contributed by atoms with Gasteiger partial charge in [-0.3, -0.25) is 9.59 Å². The molecule has 1 saturated heterocycles. The van der Waals surface area contributed by atoms with Crippen molar-refractivity contribution in [2.75, 3.05) is 32.1 Å². The number of anilines is 2. The first-order chi connectivity index (χ1) is 20.8. The number of nitrogens with one attached hydrogen (secondary N) is 2. The summed E-state index contributed by atoms with van der Waals surface area (Å²) in [6.07, 6.45) is 5.76. The van der Waals surface area contributed by atoms with E-state index < -0.39 is 0 Å². The lowest BCUT2D eigenvalue weighted by molar-refractivity contribution is 0.0900. The zero-order chi connectivity index (χ0) is 30.1. The molecule has 11 heteroatoms. The van der Waals surface area contributed by atoms with Gasteiger partial charge in [-0.05, 0) is 86.0 Å². The summed E-state index contributed by atoms with van der Waals surface area (Å²) in [5.41, 5.74) is 3.71. The van der Waals surface area contributed by atoms with E-state index >= 15 is 0 Å². The van der Waals surface area contributed by atoms with E-state index in [0.29, 0.717) is 63.9 Å². The van der Waals surface area contributed by atoms with Crippen LogP contribution < -0.4 is 25.7 Å². The summed E-state index contributed by atoms with van der Waals surface area (Å²) >= 11 is 1.55. The Morgan fingerprint density at radius 2 is 1.95 bits per heavy atom. The van der Waals surface area contributed by atoms with Gasteiger partial charge < -0.3 is 29.6 Å². The summed E-state index contributed by atoms with van der Waals surface area (Å²) in [6.45, 7) is 6.89. The van der Waals surface area contributed by atoms with E-state index in [9.17, 15) is 9.59 Å². The Kier molecular flexibility index (Phi) is 8.36. The molecule has 1 saturated carbocycles. The number of piperidine rings is 1. The minimum atomic E-state index is -0.209. The van der Waals surface area contributed by atoms with Gasteiger partial charge in [-0.15, -0.1) is 0 Å². The van der Waals surface area contributed by atoms with Gasteiger partial charge in [0.15, 0.2) is 5.75 Å². The molecule has 1 aliphatic heterocycles. The molecule has 10 nitrogen and oxygen atoms in total. The lowest BCUT2D eigenvalue weighted by atomic mass is 10.0. The average Bonchev–Trinajstić information content (AvgIpc) is 3.69. The molecule has 6 rings (SSSR count). The standard InChI is InChI=1S/C32H38N6O4S/c1-19(2)38-12-9-23(10-13-38)34-30(39)21-7-8-24(26(15-21)41-4)35-32-33-16-25-28(36-32)27(22-11-14-43-18-22)29(31(40)37(25)3)42-17-20-5-6-20/h7-8,11,14-16,18-20,23H,5-6,9-10,12-13,17H2,1-4H3,(H,34,39)(H,33,35,36). The lowest BCUT2D eigenvalue weighted by Crippen LogP contribution is -2.46. The predicted molar refractivity (Wildman–Crippen MR) is 170 cm³/mol. The van der Waals surface area contributed by atoms with Crippen molar-refractivity contribution in [3.63, 3.8) is 0 Å². The fraction of sp³-hybridized carbons (Fsp3) is 0.438. The molecule has 43 heavy (non-hydrogen) atoms. The number of nitrogens with zero attached hydrogens (tertiary/aromatic N) is 4. The number of methoxy groups -OCH3 is 1. The number of benzene rings is 1. The van der Waals surface area contributed by atoms with Crippen LogP contribution in [0.2, 0.25) is 0 Å². The molecule has 1 aliphatic carbocycles. The molecular formula is C32H38N6O4S. The van der Waals surface area contributed by atoms with Crippen LogP contribution in [0.15, 0.2) is 46.0 Å². The van der Waals surface area contributed by atoms with Gasteiger partial charge in [0, 0.05) is 37.8 Å². The molecule has 0 radical (unpaired) electrons. The van der Waals surface area contributed by atoms with Crippen molar-refractivity contribution in [3.8, 4) is 22.6 Å². The number of amides is 1. The smallest absolute Gasteiger partial charge is 0.293 e. The summed E-state index contributed by atoms with van der Waals surface area (Å²) < 4.78 is 13.3. The number of aromatic nitrogens is 3. The van der Waals surface area contributed by atoms with Crippen molar-refractivity contribution < 1.29 is 14.3 Å². The third kappa shape index (κ3) is 6.23. The van der Waals surface area contributed by atoms with Gasteiger partial charge in [0.05, 0.1) is 36.7 Å². The topological polar surface area (TPSA) is 111 Å². The Labute approximate surface area is 255 Å². The molecule has 0 spiro atoms. The minimum Gasteiger partial charge on any atom is -0.495 e. The van der Waals surface area contributed by atoms with Gasteiger partial charge >= 0.3 is 0 Å². The second-order valence-corrected chi connectivity index (χ2v) is 12.5. The Balaban J connectivity index is 1.27. The quantitative estimate of drug-likeness (QED) is 0.255. The van der Waals surface area contributed by atoms with Crippen LogP contribution in [-0.2, 0) is 7.05 Å². The van der Waals surface area contributed by atoms with Crippen molar-refractivity contribution in [1.29, 1.82) is 0 Å². The number of hydrogen-bond acceptors (Lipinski definition) is 9. The third-order valence-corrected chi connectivity index (χ3v) is 9.05. The van der Waals surface area contributed by atoms with Crippen LogP contribution in [0.1, 0.15) is 49.9 Å². The number of thiophene rings is 1. The highest BCUT2D eigenvalue weighted by molar-refractivity contribution is 7.08. The van der Waals surface area contributed by atoms with Crippen LogP contribution in [0.25, 0.3) is 22.2 Å². The number of pyridine rings is 1. The summed E-state index contributed by atoms with van der Waals surface area (Å²) in [7, 11) is 3.28. The maximum Gasteiger partial charge on any atom is 0.293 e. The van der Waals surface area contributed by atoms with Crippen molar-refractivity contribution >= 4 is 39.9 Å². The number of ether oxygens (including phenoxy) is 2. The van der Waals surface area contributed by atoms with Crippen LogP contribution in [0.3, 0.4) is 0 Å². The van der Waals surface area contributed by atoms with E-state index in [1.54, 1.807) is 49.9 Å². The summed E-state index contributed by atoms with van der Waals surface area (Å²) in [4.78, 5) is 38.3. The Bertz CT molecular complexity index is 1670. The Morgan fingerprint density at radius 1 is 1.16 bits per heavy atom. The van der Waals surface area contributed by atoms with E-state index in [-0.39, 0.29) is 17.5 Å².